The number of aromatic nitrogens is 3. The summed E-state index contributed by atoms with van der Waals surface area (Å²) in [6.45, 7) is 2.18. The van der Waals surface area contributed by atoms with Crippen LogP contribution in [0.5, 0.6) is 0 Å². The summed E-state index contributed by atoms with van der Waals surface area (Å²) >= 11 is 1.25. The molecule has 1 atom stereocenters. The lowest BCUT2D eigenvalue weighted by atomic mass is 10.3. The molecule has 1 saturated heterocycles. The lowest BCUT2D eigenvalue weighted by Crippen LogP contribution is -2.23. The van der Waals surface area contributed by atoms with Gasteiger partial charge in [-0.3, -0.25) is 9.69 Å². The first-order valence-corrected chi connectivity index (χ1v) is 7.21. The Labute approximate surface area is 109 Å². The number of thioether (sulfide) groups is 1. The number of nitrogens with zero attached hydrogens (tertiary/aromatic N) is 4. The van der Waals surface area contributed by atoms with E-state index in [0.29, 0.717) is 6.04 Å². The van der Waals surface area contributed by atoms with E-state index in [9.17, 15) is 4.79 Å². The first-order valence-electron chi connectivity index (χ1n) is 6.22. The minimum atomic E-state index is -0.819. The molecule has 6 nitrogen and oxygen atoms in total. The van der Waals surface area contributed by atoms with Gasteiger partial charge < -0.3 is 9.67 Å². The molecule has 18 heavy (non-hydrogen) atoms. The summed E-state index contributed by atoms with van der Waals surface area (Å²) in [5, 5.41) is 17.4. The molecule has 1 aliphatic carbocycles. The minimum absolute atomic E-state index is 0.0394. The predicted octanol–water partition coefficient (Wildman–Crippen LogP) is 0.864. The summed E-state index contributed by atoms with van der Waals surface area (Å²) in [4.78, 5) is 13.1. The summed E-state index contributed by atoms with van der Waals surface area (Å²) in [5.74, 6) is -0.779. The molecule has 2 heterocycles. The Morgan fingerprint density at radius 3 is 3.00 bits per heavy atom. The molecule has 1 N–H and O–H groups in total. The fourth-order valence-electron chi connectivity index (χ4n) is 2.48. The van der Waals surface area contributed by atoms with E-state index in [0.717, 1.165) is 30.7 Å². The normalized spacial score (nSPS) is 24.6. The second kappa shape index (κ2) is 4.89. The first-order chi connectivity index (χ1) is 8.74. The van der Waals surface area contributed by atoms with Crippen LogP contribution in [0.4, 0.5) is 0 Å². The fourth-order valence-corrected chi connectivity index (χ4v) is 3.18. The van der Waals surface area contributed by atoms with Crippen LogP contribution in [-0.2, 0) is 4.79 Å². The van der Waals surface area contributed by atoms with Crippen molar-refractivity contribution in [2.24, 2.45) is 0 Å². The molecule has 1 aromatic rings. The number of likely N-dealkylation sites (tertiary alicyclic amines) is 1. The Bertz CT molecular complexity index is 446. The molecule has 0 bridgehead atoms. The number of hydrogen-bond donors (Lipinski definition) is 1. The van der Waals surface area contributed by atoms with Crippen molar-refractivity contribution in [2.75, 3.05) is 18.8 Å². The first kappa shape index (κ1) is 12.0. The highest BCUT2D eigenvalue weighted by Crippen LogP contribution is 2.34. The third kappa shape index (κ3) is 2.51. The number of aliphatic carboxylic acids is 1. The van der Waals surface area contributed by atoms with Gasteiger partial charge in [0.2, 0.25) is 0 Å². The zero-order valence-electron chi connectivity index (χ0n) is 10.0. The second-order valence-electron chi connectivity index (χ2n) is 4.87. The largest absolute Gasteiger partial charge is 0.481 e. The van der Waals surface area contributed by atoms with Crippen molar-refractivity contribution in [1.82, 2.24) is 19.7 Å². The highest BCUT2D eigenvalue weighted by Gasteiger charge is 2.35. The zero-order chi connectivity index (χ0) is 12.5. The molecule has 3 rings (SSSR count). The van der Waals surface area contributed by atoms with E-state index < -0.39 is 5.97 Å². The van der Waals surface area contributed by atoms with Gasteiger partial charge in [-0.15, -0.1) is 10.2 Å². The average molecular weight is 268 g/mol. The van der Waals surface area contributed by atoms with Crippen molar-refractivity contribution in [2.45, 2.75) is 36.5 Å². The van der Waals surface area contributed by atoms with Gasteiger partial charge in [0.1, 0.15) is 6.33 Å². The maximum absolute atomic E-state index is 10.6. The van der Waals surface area contributed by atoms with Crippen LogP contribution in [0.15, 0.2) is 11.5 Å². The van der Waals surface area contributed by atoms with Crippen LogP contribution in [0.1, 0.15) is 25.3 Å². The van der Waals surface area contributed by atoms with Gasteiger partial charge in [0.05, 0.1) is 11.8 Å². The summed E-state index contributed by atoms with van der Waals surface area (Å²) in [6, 6.07) is 1.19. The molecular formula is C11H16N4O2S. The summed E-state index contributed by atoms with van der Waals surface area (Å²) in [5.41, 5.74) is 0. The van der Waals surface area contributed by atoms with Crippen molar-refractivity contribution in [3.05, 3.63) is 6.33 Å². The predicted molar refractivity (Wildman–Crippen MR) is 66.6 cm³/mol. The minimum Gasteiger partial charge on any atom is -0.481 e. The van der Waals surface area contributed by atoms with Crippen molar-refractivity contribution >= 4 is 17.7 Å². The molecule has 1 saturated carbocycles. The average Bonchev–Trinajstić information content (AvgIpc) is 2.92. The van der Waals surface area contributed by atoms with Crippen LogP contribution >= 0.6 is 11.8 Å². The van der Waals surface area contributed by atoms with Crippen molar-refractivity contribution in [1.29, 1.82) is 0 Å². The number of carbonyl (C=O) groups is 1. The van der Waals surface area contributed by atoms with Gasteiger partial charge in [0.25, 0.3) is 0 Å². The Balaban J connectivity index is 1.65. The lowest BCUT2D eigenvalue weighted by Gasteiger charge is -2.16. The number of hydrogen-bond acceptors (Lipinski definition) is 5. The third-order valence-electron chi connectivity index (χ3n) is 3.52. The van der Waals surface area contributed by atoms with Crippen LogP contribution in [0.2, 0.25) is 0 Å². The third-order valence-corrected chi connectivity index (χ3v) is 4.46. The molecule has 1 aliphatic heterocycles. The number of carboxylic acid groups (broad SMARTS) is 1. The van der Waals surface area contributed by atoms with E-state index in [1.807, 2.05) is 4.57 Å². The molecule has 98 valence electrons. The van der Waals surface area contributed by atoms with E-state index in [1.54, 1.807) is 6.33 Å². The zero-order valence-corrected chi connectivity index (χ0v) is 10.8. The van der Waals surface area contributed by atoms with E-state index in [2.05, 4.69) is 15.1 Å². The molecule has 1 unspecified atom stereocenters. The van der Waals surface area contributed by atoms with Gasteiger partial charge in [-0.1, -0.05) is 11.8 Å². The van der Waals surface area contributed by atoms with E-state index in [4.69, 9.17) is 5.11 Å². The molecule has 2 aliphatic rings. The van der Waals surface area contributed by atoms with Crippen LogP contribution in [-0.4, -0.2) is 55.6 Å². The van der Waals surface area contributed by atoms with Crippen molar-refractivity contribution < 1.29 is 9.90 Å². The van der Waals surface area contributed by atoms with Crippen molar-refractivity contribution in [3.8, 4) is 0 Å². The monoisotopic (exact) mass is 268 g/mol. The topological polar surface area (TPSA) is 71.2 Å². The van der Waals surface area contributed by atoms with Crippen LogP contribution in [0.3, 0.4) is 0 Å². The number of rotatable bonds is 5. The van der Waals surface area contributed by atoms with Crippen LogP contribution in [0.25, 0.3) is 0 Å². The van der Waals surface area contributed by atoms with Crippen molar-refractivity contribution in [3.63, 3.8) is 0 Å². The molecule has 2 fully saturated rings. The molecule has 1 aromatic heterocycles. The fraction of sp³-hybridized carbons (Fsp3) is 0.727. The molecule has 0 spiro atoms. The molecule has 0 amide bonds. The second-order valence-corrected chi connectivity index (χ2v) is 5.81. The summed E-state index contributed by atoms with van der Waals surface area (Å²) in [6.07, 6.45) is 5.49. The molecular weight excluding hydrogens is 252 g/mol. The van der Waals surface area contributed by atoms with Gasteiger partial charge >= 0.3 is 5.97 Å². The van der Waals surface area contributed by atoms with Gasteiger partial charge in [0, 0.05) is 19.1 Å². The molecule has 7 heteroatoms. The van der Waals surface area contributed by atoms with Gasteiger partial charge in [-0.25, -0.2) is 0 Å². The quantitative estimate of drug-likeness (QED) is 0.799. The Morgan fingerprint density at radius 1 is 1.44 bits per heavy atom. The Kier molecular flexibility index (Phi) is 3.25. The van der Waals surface area contributed by atoms with Gasteiger partial charge in [-0.05, 0) is 19.3 Å². The Morgan fingerprint density at radius 2 is 2.28 bits per heavy atom. The smallest absolute Gasteiger partial charge is 0.313 e. The molecule has 0 aromatic carbocycles. The van der Waals surface area contributed by atoms with Gasteiger partial charge in [0.15, 0.2) is 5.16 Å². The lowest BCUT2D eigenvalue weighted by molar-refractivity contribution is -0.133. The SMILES string of the molecule is O=C(O)CSc1nncn1C1CCN(C2CC2)C1. The number of carboxylic acids is 1. The van der Waals surface area contributed by atoms with E-state index in [1.165, 1.54) is 24.6 Å². The highest BCUT2D eigenvalue weighted by molar-refractivity contribution is 7.99. The van der Waals surface area contributed by atoms with Crippen LogP contribution in [0, 0.1) is 0 Å². The van der Waals surface area contributed by atoms with Gasteiger partial charge in [-0.2, -0.15) is 0 Å². The summed E-state index contributed by atoms with van der Waals surface area (Å²) < 4.78 is 2.04. The van der Waals surface area contributed by atoms with E-state index in [-0.39, 0.29) is 5.75 Å². The van der Waals surface area contributed by atoms with Crippen LogP contribution < -0.4 is 0 Å². The standard InChI is InChI=1S/C11H16N4O2S/c16-10(17)6-18-11-13-12-7-15(11)9-3-4-14(5-9)8-1-2-8/h7-9H,1-6H2,(H,16,17). The Hall–Kier alpha value is -1.08. The van der Waals surface area contributed by atoms with E-state index >= 15 is 0 Å². The summed E-state index contributed by atoms with van der Waals surface area (Å²) in [7, 11) is 0. The maximum Gasteiger partial charge on any atom is 0.313 e. The molecule has 0 radical (unpaired) electrons. The maximum atomic E-state index is 10.6. The highest BCUT2D eigenvalue weighted by atomic mass is 32.2.